The Kier molecular flexibility index (Phi) is 10.1. The number of rotatable bonds is 11. The number of aliphatic carboxylic acids is 1. The zero-order chi connectivity index (χ0) is 25.6. The van der Waals surface area contributed by atoms with Gasteiger partial charge in [0.25, 0.3) is 0 Å². The second-order valence-electron chi connectivity index (χ2n) is 7.78. The molecule has 16 nitrogen and oxygen atoms in total. The predicted molar refractivity (Wildman–Crippen MR) is 108 cm³/mol. The van der Waals surface area contributed by atoms with Gasteiger partial charge in [0.15, 0.2) is 6.29 Å². The third-order valence-corrected chi connectivity index (χ3v) is 5.71. The molecule has 0 aromatic rings. The van der Waals surface area contributed by atoms with Crippen molar-refractivity contribution in [3.8, 4) is 0 Å². The van der Waals surface area contributed by atoms with Crippen LogP contribution in [0.25, 0.3) is 0 Å². The van der Waals surface area contributed by atoms with Crippen LogP contribution in [0.5, 0.6) is 0 Å². The van der Waals surface area contributed by atoms with Gasteiger partial charge < -0.3 is 40.5 Å². The molecule has 0 unspecified atom stereocenters. The minimum absolute atomic E-state index is 0.0123. The predicted octanol–water partition coefficient (Wildman–Crippen LogP) is -4.54. The molecule has 2 rings (SSSR count). The molecular formula is C17H29N3O13S. The first kappa shape index (κ1) is 28.3. The van der Waals surface area contributed by atoms with E-state index in [0.717, 1.165) is 6.92 Å². The zero-order valence-corrected chi connectivity index (χ0v) is 18.9. The SMILES string of the molecule is CC(=O)N[C@H]1[C@H](O[C@H]2C[C@@H](C(=O)NCCC(=O)O)N[C@@H]2CO)O[C@H](CO)[C@@H](OS(=O)(=O)O)[C@@H]1O. The van der Waals surface area contributed by atoms with Crippen LogP contribution in [0.4, 0.5) is 0 Å². The van der Waals surface area contributed by atoms with Crippen molar-refractivity contribution in [2.24, 2.45) is 0 Å². The Balaban J connectivity index is 2.15. The van der Waals surface area contributed by atoms with Gasteiger partial charge in [0.05, 0.1) is 37.8 Å². The number of carbonyl (C=O) groups excluding carboxylic acids is 2. The lowest BCUT2D eigenvalue weighted by Gasteiger charge is -2.44. The summed E-state index contributed by atoms with van der Waals surface area (Å²) in [6.45, 7) is -0.352. The van der Waals surface area contributed by atoms with Crippen molar-refractivity contribution >= 4 is 28.2 Å². The highest BCUT2D eigenvalue weighted by Gasteiger charge is 2.50. The number of carboxylic acid groups (broad SMARTS) is 1. The number of nitrogens with one attached hydrogen (secondary N) is 3. The third kappa shape index (κ3) is 7.79. The first-order chi connectivity index (χ1) is 15.9. The highest BCUT2D eigenvalue weighted by molar-refractivity contribution is 7.80. The minimum Gasteiger partial charge on any atom is -0.481 e. The highest BCUT2D eigenvalue weighted by atomic mass is 32.3. The molecule has 0 radical (unpaired) electrons. The van der Waals surface area contributed by atoms with E-state index < -0.39 is 90.2 Å². The molecule has 0 spiro atoms. The maximum atomic E-state index is 12.3. The fraction of sp³-hybridized carbons (Fsp3) is 0.824. The lowest BCUT2D eigenvalue weighted by atomic mass is 9.96. The van der Waals surface area contributed by atoms with Crippen LogP contribution in [0.3, 0.4) is 0 Å². The van der Waals surface area contributed by atoms with E-state index in [4.69, 9.17) is 19.1 Å². The number of hydrogen-bond donors (Lipinski definition) is 8. The van der Waals surface area contributed by atoms with Crippen molar-refractivity contribution in [3.05, 3.63) is 0 Å². The lowest BCUT2D eigenvalue weighted by Crippen LogP contribution is -2.66. The summed E-state index contributed by atoms with van der Waals surface area (Å²) in [5, 5.41) is 46.1. The fourth-order valence-corrected chi connectivity index (χ4v) is 4.27. The average molecular weight is 515 g/mol. The molecule has 2 aliphatic heterocycles. The van der Waals surface area contributed by atoms with Crippen molar-refractivity contribution < 1.29 is 61.4 Å². The van der Waals surface area contributed by atoms with Crippen molar-refractivity contribution in [1.82, 2.24) is 16.0 Å². The van der Waals surface area contributed by atoms with Gasteiger partial charge in [-0.05, 0) is 6.42 Å². The number of aliphatic hydroxyl groups excluding tert-OH is 3. The summed E-state index contributed by atoms with van der Waals surface area (Å²) in [4.78, 5) is 34.6. The first-order valence-electron chi connectivity index (χ1n) is 10.2. The first-order valence-corrected chi connectivity index (χ1v) is 11.6. The molecule has 17 heteroatoms. The van der Waals surface area contributed by atoms with Gasteiger partial charge >= 0.3 is 16.4 Å². The second-order valence-corrected chi connectivity index (χ2v) is 8.83. The Morgan fingerprint density at radius 1 is 1.21 bits per heavy atom. The summed E-state index contributed by atoms with van der Waals surface area (Å²) in [5.74, 6) is -2.29. The summed E-state index contributed by atoms with van der Waals surface area (Å²) in [5.41, 5.74) is 0. The molecule has 0 saturated carbocycles. The molecule has 2 fully saturated rings. The molecule has 2 heterocycles. The zero-order valence-electron chi connectivity index (χ0n) is 18.1. The van der Waals surface area contributed by atoms with E-state index in [0.29, 0.717) is 0 Å². The molecule has 0 aliphatic carbocycles. The Morgan fingerprint density at radius 2 is 1.88 bits per heavy atom. The van der Waals surface area contributed by atoms with Gasteiger partial charge in [0.1, 0.15) is 24.4 Å². The van der Waals surface area contributed by atoms with Gasteiger partial charge in [-0.1, -0.05) is 0 Å². The van der Waals surface area contributed by atoms with E-state index in [-0.39, 0.29) is 19.4 Å². The third-order valence-electron chi connectivity index (χ3n) is 5.25. The quantitative estimate of drug-likeness (QED) is 0.121. The number of ether oxygens (including phenoxy) is 2. The number of carbonyl (C=O) groups is 3. The number of amides is 2. The normalized spacial score (nSPS) is 33.9. The Bertz CT molecular complexity index is 841. The number of hydrogen-bond acceptors (Lipinski definition) is 12. The van der Waals surface area contributed by atoms with E-state index in [1.165, 1.54) is 0 Å². The molecule has 2 saturated heterocycles. The molecule has 34 heavy (non-hydrogen) atoms. The molecule has 8 N–H and O–H groups in total. The van der Waals surface area contributed by atoms with Crippen molar-refractivity contribution in [2.45, 2.75) is 68.6 Å². The van der Waals surface area contributed by atoms with E-state index in [2.05, 4.69) is 20.1 Å². The molecule has 0 aromatic heterocycles. The van der Waals surface area contributed by atoms with Crippen molar-refractivity contribution in [2.75, 3.05) is 19.8 Å². The van der Waals surface area contributed by atoms with Crippen molar-refractivity contribution in [1.29, 1.82) is 0 Å². The van der Waals surface area contributed by atoms with Gasteiger partial charge in [-0.25, -0.2) is 4.18 Å². The maximum Gasteiger partial charge on any atom is 0.397 e. The van der Waals surface area contributed by atoms with Crippen LogP contribution >= 0.6 is 0 Å². The van der Waals surface area contributed by atoms with Crippen LogP contribution in [0.2, 0.25) is 0 Å². The van der Waals surface area contributed by atoms with Crippen LogP contribution < -0.4 is 16.0 Å². The largest absolute Gasteiger partial charge is 0.481 e. The average Bonchev–Trinajstić information content (AvgIpc) is 3.14. The minimum atomic E-state index is -5.06. The Hall–Kier alpha value is -1.96. The van der Waals surface area contributed by atoms with E-state index in [9.17, 15) is 38.1 Å². The smallest absolute Gasteiger partial charge is 0.397 e. The second kappa shape index (κ2) is 12.1. The van der Waals surface area contributed by atoms with Crippen molar-refractivity contribution in [3.63, 3.8) is 0 Å². The van der Waals surface area contributed by atoms with E-state index in [1.54, 1.807) is 0 Å². The van der Waals surface area contributed by atoms with E-state index in [1.807, 2.05) is 0 Å². The van der Waals surface area contributed by atoms with Gasteiger partial charge in [-0.15, -0.1) is 0 Å². The van der Waals surface area contributed by atoms with Gasteiger partial charge in [0, 0.05) is 13.5 Å². The topological polar surface area (TPSA) is 250 Å². The highest BCUT2D eigenvalue weighted by Crippen LogP contribution is 2.29. The fourth-order valence-electron chi connectivity index (χ4n) is 3.75. The monoisotopic (exact) mass is 515 g/mol. The van der Waals surface area contributed by atoms with Gasteiger partial charge in [-0.3, -0.25) is 24.3 Å². The number of carboxylic acids is 1. The molecular weight excluding hydrogens is 486 g/mol. The van der Waals surface area contributed by atoms with Crippen LogP contribution in [0, 0.1) is 0 Å². The van der Waals surface area contributed by atoms with Gasteiger partial charge in [-0.2, -0.15) is 8.42 Å². The summed E-state index contributed by atoms with van der Waals surface area (Å²) >= 11 is 0. The van der Waals surface area contributed by atoms with Crippen LogP contribution in [-0.2, 0) is 38.4 Å². The van der Waals surface area contributed by atoms with E-state index >= 15 is 0 Å². The Labute approximate surface area is 194 Å². The molecule has 196 valence electrons. The van der Waals surface area contributed by atoms with Crippen LogP contribution in [-0.4, -0.2) is 120 Å². The standard InChI is InChI=1S/C17H29N3O13S/c1-7(23)19-13-14(26)15(33-34(28,29)30)11(6-22)32-17(13)31-10-4-8(20-9(10)5-21)16(27)18-3-2-12(24)25/h8-11,13-15,17,20-22,26H,2-6H2,1H3,(H,18,27)(H,19,23)(H,24,25)(H,28,29,30)/t8-,9+,10-,11+,13+,14+,15+,17+/m0/s1. The molecule has 0 aromatic carbocycles. The molecule has 2 amide bonds. The summed E-state index contributed by atoms with van der Waals surface area (Å²) in [6, 6.07) is -3.09. The maximum absolute atomic E-state index is 12.3. The van der Waals surface area contributed by atoms with Crippen LogP contribution in [0.1, 0.15) is 19.8 Å². The summed E-state index contributed by atoms with van der Waals surface area (Å²) in [7, 11) is -5.06. The van der Waals surface area contributed by atoms with Gasteiger partial charge in [0.2, 0.25) is 11.8 Å². The summed E-state index contributed by atoms with van der Waals surface area (Å²) < 4.78 is 47.0. The van der Waals surface area contributed by atoms with Crippen LogP contribution in [0.15, 0.2) is 0 Å². The molecule has 2 aliphatic rings. The Morgan fingerprint density at radius 3 is 2.41 bits per heavy atom. The lowest BCUT2D eigenvalue weighted by molar-refractivity contribution is -0.279. The molecule has 8 atom stereocenters. The number of aliphatic hydroxyl groups is 3. The molecule has 0 bridgehead atoms. The summed E-state index contributed by atoms with van der Waals surface area (Å²) in [6.07, 6.45) is -7.80.